The first-order valence-electron chi connectivity index (χ1n) is 17.8. The third-order valence-electron chi connectivity index (χ3n) is 9.94. The van der Waals surface area contributed by atoms with E-state index in [0.717, 1.165) is 28.3 Å². The number of nitrogens with zero attached hydrogens (tertiary/aromatic N) is 3. The first kappa shape index (κ1) is 31.7. The van der Waals surface area contributed by atoms with Crippen LogP contribution < -0.4 is 4.90 Å². The second-order valence-electron chi connectivity index (χ2n) is 13.1. The maximum absolute atomic E-state index is 9.30. The standard InChI is InChI=1S/C50H33N3/c51-34-37-25-31-41(32-26-37)53(48-18-7-8-33-52-48)40-29-23-36(24-30-40)20-19-35-21-27-39(28-22-35)49-44-13-3-5-15-46(44)50(47-16-6-4-14-45(47)49)43-17-9-11-38-10-1-2-12-42(38)43/h1-33H/b20-19+. The van der Waals surface area contributed by atoms with Gasteiger partial charge < -0.3 is 0 Å². The van der Waals surface area contributed by atoms with Crippen molar-refractivity contribution in [3.8, 4) is 28.3 Å². The normalized spacial score (nSPS) is 11.3. The molecule has 1 aromatic heterocycles. The monoisotopic (exact) mass is 675 g/mol. The van der Waals surface area contributed by atoms with Gasteiger partial charge in [0, 0.05) is 17.6 Å². The van der Waals surface area contributed by atoms with Gasteiger partial charge >= 0.3 is 0 Å². The van der Waals surface area contributed by atoms with E-state index in [1.165, 1.54) is 54.6 Å². The van der Waals surface area contributed by atoms with Crippen LogP contribution in [0.4, 0.5) is 17.2 Å². The highest BCUT2D eigenvalue weighted by molar-refractivity contribution is 6.23. The van der Waals surface area contributed by atoms with E-state index in [2.05, 4.69) is 168 Å². The molecule has 3 nitrogen and oxygen atoms in total. The molecule has 0 saturated carbocycles. The quantitative estimate of drug-likeness (QED) is 0.125. The van der Waals surface area contributed by atoms with Crippen molar-refractivity contribution in [3.05, 3.63) is 205 Å². The van der Waals surface area contributed by atoms with Gasteiger partial charge in [-0.3, -0.25) is 4.90 Å². The molecule has 9 rings (SSSR count). The molecule has 0 aliphatic heterocycles. The van der Waals surface area contributed by atoms with Gasteiger partial charge in [0.1, 0.15) is 5.82 Å². The summed E-state index contributed by atoms with van der Waals surface area (Å²) in [6, 6.07) is 66.0. The second-order valence-corrected chi connectivity index (χ2v) is 13.1. The smallest absolute Gasteiger partial charge is 0.137 e. The molecule has 0 unspecified atom stereocenters. The summed E-state index contributed by atoms with van der Waals surface area (Å²) in [4.78, 5) is 6.70. The molecule has 0 aliphatic carbocycles. The van der Waals surface area contributed by atoms with Gasteiger partial charge in [0.2, 0.25) is 0 Å². The van der Waals surface area contributed by atoms with Crippen molar-refractivity contribution in [1.29, 1.82) is 5.26 Å². The summed E-state index contributed by atoms with van der Waals surface area (Å²) in [5, 5.41) is 16.8. The van der Waals surface area contributed by atoms with Crippen molar-refractivity contribution in [2.75, 3.05) is 4.90 Å². The molecule has 0 aliphatic rings. The number of rotatable bonds is 7. The highest BCUT2D eigenvalue weighted by atomic mass is 15.2. The molecule has 1 heterocycles. The van der Waals surface area contributed by atoms with Crippen molar-refractivity contribution >= 4 is 61.7 Å². The average molecular weight is 676 g/mol. The zero-order valence-corrected chi connectivity index (χ0v) is 28.9. The number of benzene rings is 8. The number of fused-ring (bicyclic) bond motifs is 3. The van der Waals surface area contributed by atoms with E-state index in [-0.39, 0.29) is 0 Å². The fourth-order valence-corrected chi connectivity index (χ4v) is 7.45. The molecule has 9 aromatic rings. The van der Waals surface area contributed by atoms with E-state index in [1.807, 2.05) is 42.5 Å². The molecule has 0 atom stereocenters. The van der Waals surface area contributed by atoms with Gasteiger partial charge in [0.25, 0.3) is 0 Å². The summed E-state index contributed by atoms with van der Waals surface area (Å²) >= 11 is 0. The lowest BCUT2D eigenvalue weighted by molar-refractivity contribution is 1.18. The number of nitriles is 1. The molecule has 0 amide bonds. The Bertz CT molecular complexity index is 2750. The largest absolute Gasteiger partial charge is 0.295 e. The lowest BCUT2D eigenvalue weighted by Crippen LogP contribution is -2.11. The van der Waals surface area contributed by atoms with Gasteiger partial charge in [0.05, 0.1) is 11.6 Å². The first-order chi connectivity index (χ1) is 26.2. The zero-order valence-electron chi connectivity index (χ0n) is 28.9. The van der Waals surface area contributed by atoms with E-state index < -0.39 is 0 Å². The third kappa shape index (κ3) is 5.99. The maximum atomic E-state index is 9.30. The van der Waals surface area contributed by atoms with Gasteiger partial charge in [-0.25, -0.2) is 4.98 Å². The molecule has 8 aromatic carbocycles. The molecular formula is C50H33N3. The molecule has 0 bridgehead atoms. The lowest BCUT2D eigenvalue weighted by Gasteiger charge is -2.24. The van der Waals surface area contributed by atoms with Crippen LogP contribution in [0.25, 0.3) is 66.7 Å². The Morgan fingerprint density at radius 2 is 0.962 bits per heavy atom. The Labute approximate surface area is 309 Å². The van der Waals surface area contributed by atoms with Gasteiger partial charge in [-0.15, -0.1) is 0 Å². The van der Waals surface area contributed by atoms with Crippen LogP contribution in [0, 0.1) is 11.3 Å². The molecule has 3 heteroatoms. The number of hydrogen-bond acceptors (Lipinski definition) is 3. The van der Waals surface area contributed by atoms with E-state index in [1.54, 1.807) is 6.20 Å². The van der Waals surface area contributed by atoms with Crippen LogP contribution >= 0.6 is 0 Å². The summed E-state index contributed by atoms with van der Waals surface area (Å²) in [6.45, 7) is 0. The molecule has 0 spiro atoms. The van der Waals surface area contributed by atoms with E-state index in [4.69, 9.17) is 0 Å². The van der Waals surface area contributed by atoms with Gasteiger partial charge in [-0.05, 0) is 114 Å². The SMILES string of the molecule is N#Cc1ccc(N(c2ccc(/C=C/c3ccc(-c4c5ccccc5c(-c5cccc6ccccc56)c5ccccc45)cc3)cc2)c2ccccn2)cc1. The highest BCUT2D eigenvalue weighted by Crippen LogP contribution is 2.45. The van der Waals surface area contributed by atoms with Crippen LogP contribution in [0.5, 0.6) is 0 Å². The topological polar surface area (TPSA) is 39.9 Å². The predicted octanol–water partition coefficient (Wildman–Crippen LogP) is 13.4. The van der Waals surface area contributed by atoms with Crippen LogP contribution in [0.3, 0.4) is 0 Å². The fourth-order valence-electron chi connectivity index (χ4n) is 7.45. The van der Waals surface area contributed by atoms with Crippen molar-refractivity contribution in [2.24, 2.45) is 0 Å². The lowest BCUT2D eigenvalue weighted by atomic mass is 9.84. The second kappa shape index (κ2) is 13.8. The summed E-state index contributed by atoms with van der Waals surface area (Å²) in [6.07, 6.45) is 6.10. The summed E-state index contributed by atoms with van der Waals surface area (Å²) in [5.41, 5.74) is 9.77. The van der Waals surface area contributed by atoms with Crippen LogP contribution in [-0.4, -0.2) is 4.98 Å². The van der Waals surface area contributed by atoms with Crippen molar-refractivity contribution in [2.45, 2.75) is 0 Å². The van der Waals surface area contributed by atoms with Gasteiger partial charge in [0.15, 0.2) is 0 Å². The van der Waals surface area contributed by atoms with E-state index in [9.17, 15) is 5.26 Å². The highest BCUT2D eigenvalue weighted by Gasteiger charge is 2.18. The Hall–Kier alpha value is -7.28. The Morgan fingerprint density at radius 1 is 0.453 bits per heavy atom. The minimum Gasteiger partial charge on any atom is -0.295 e. The molecule has 0 radical (unpaired) electrons. The van der Waals surface area contributed by atoms with Crippen molar-refractivity contribution in [3.63, 3.8) is 0 Å². The van der Waals surface area contributed by atoms with E-state index in [0.29, 0.717) is 5.56 Å². The van der Waals surface area contributed by atoms with Crippen LogP contribution in [-0.2, 0) is 0 Å². The molecule has 0 fully saturated rings. The van der Waals surface area contributed by atoms with Gasteiger partial charge in [-0.2, -0.15) is 5.26 Å². The molecule has 248 valence electrons. The maximum Gasteiger partial charge on any atom is 0.137 e. The Balaban J connectivity index is 1.05. The zero-order chi connectivity index (χ0) is 35.6. The molecule has 53 heavy (non-hydrogen) atoms. The number of pyridine rings is 1. The van der Waals surface area contributed by atoms with E-state index >= 15 is 0 Å². The first-order valence-corrected chi connectivity index (χ1v) is 17.8. The minimum atomic E-state index is 0.625. The summed E-state index contributed by atoms with van der Waals surface area (Å²) in [5.74, 6) is 0.810. The van der Waals surface area contributed by atoms with Gasteiger partial charge in [-0.1, -0.05) is 146 Å². The van der Waals surface area contributed by atoms with Crippen LogP contribution in [0.2, 0.25) is 0 Å². The number of anilines is 3. The van der Waals surface area contributed by atoms with Crippen molar-refractivity contribution < 1.29 is 0 Å². The molecule has 0 N–H and O–H groups in total. The average Bonchev–Trinajstić information content (AvgIpc) is 3.23. The summed E-state index contributed by atoms with van der Waals surface area (Å²) in [7, 11) is 0. The summed E-state index contributed by atoms with van der Waals surface area (Å²) < 4.78 is 0. The molecular weight excluding hydrogens is 643 g/mol. The Kier molecular flexibility index (Phi) is 8.25. The minimum absolute atomic E-state index is 0.625. The van der Waals surface area contributed by atoms with Crippen molar-refractivity contribution in [1.82, 2.24) is 4.98 Å². The third-order valence-corrected chi connectivity index (χ3v) is 9.94. The number of aromatic nitrogens is 1. The predicted molar refractivity (Wildman–Crippen MR) is 222 cm³/mol. The van der Waals surface area contributed by atoms with Crippen LogP contribution in [0.1, 0.15) is 16.7 Å². The molecule has 0 saturated heterocycles. The Morgan fingerprint density at radius 3 is 1.55 bits per heavy atom. The fraction of sp³-hybridized carbons (Fsp3) is 0. The van der Waals surface area contributed by atoms with Crippen LogP contribution in [0.15, 0.2) is 188 Å². The number of hydrogen-bond donors (Lipinski definition) is 0.